The summed E-state index contributed by atoms with van der Waals surface area (Å²) < 4.78 is 48.6. The molecule has 0 spiro atoms. The first kappa shape index (κ1) is 16.4. The number of ether oxygens (including phenoxy) is 3. The van der Waals surface area contributed by atoms with Crippen molar-refractivity contribution in [1.29, 1.82) is 0 Å². The molecule has 114 valence electrons. The fraction of sp³-hybridized carbons (Fsp3) is 0.273. The second kappa shape index (κ2) is 6.20. The molecule has 0 atom stereocenters. The van der Waals surface area contributed by atoms with Crippen LogP contribution in [0.3, 0.4) is 0 Å². The summed E-state index contributed by atoms with van der Waals surface area (Å²) in [6, 6.07) is 1.71. The predicted molar refractivity (Wildman–Crippen MR) is 58.6 cm³/mol. The summed E-state index contributed by atoms with van der Waals surface area (Å²) in [5.41, 5.74) is -0.928. The molecule has 1 heterocycles. The van der Waals surface area contributed by atoms with E-state index in [-0.39, 0.29) is 5.88 Å². The first-order valence-electron chi connectivity index (χ1n) is 5.16. The molecule has 0 saturated carbocycles. The number of esters is 3. The van der Waals surface area contributed by atoms with Gasteiger partial charge in [0.25, 0.3) is 0 Å². The predicted octanol–water partition coefficient (Wildman–Crippen LogP) is 1.12. The number of alkyl halides is 3. The van der Waals surface area contributed by atoms with E-state index in [4.69, 9.17) is 0 Å². The summed E-state index contributed by atoms with van der Waals surface area (Å²) in [6.07, 6.45) is -5.32. The van der Waals surface area contributed by atoms with Gasteiger partial charge in [-0.25, -0.2) is 19.4 Å². The molecule has 1 aromatic heterocycles. The van der Waals surface area contributed by atoms with E-state index in [2.05, 4.69) is 19.2 Å². The van der Waals surface area contributed by atoms with Gasteiger partial charge in [0.15, 0.2) is 5.69 Å². The summed E-state index contributed by atoms with van der Waals surface area (Å²) in [5, 5.41) is 0. The number of methoxy groups -OCH3 is 2. The van der Waals surface area contributed by atoms with Crippen molar-refractivity contribution < 1.29 is 41.8 Å². The molecule has 10 heteroatoms. The van der Waals surface area contributed by atoms with E-state index in [9.17, 15) is 27.6 Å². The van der Waals surface area contributed by atoms with Crippen molar-refractivity contribution in [2.45, 2.75) is 6.18 Å². The van der Waals surface area contributed by atoms with E-state index >= 15 is 0 Å². The van der Waals surface area contributed by atoms with Crippen LogP contribution in [0.25, 0.3) is 0 Å². The van der Waals surface area contributed by atoms with Crippen molar-refractivity contribution in [3.05, 3.63) is 23.4 Å². The number of rotatable bonds is 3. The third-order valence-corrected chi connectivity index (χ3v) is 2.06. The van der Waals surface area contributed by atoms with Gasteiger partial charge in [-0.15, -0.1) is 0 Å². The van der Waals surface area contributed by atoms with Crippen LogP contribution in [0, 0.1) is 0 Å². The van der Waals surface area contributed by atoms with Crippen LogP contribution in [0.1, 0.15) is 20.8 Å². The Hall–Kier alpha value is -2.65. The average Bonchev–Trinajstić information content (AvgIpc) is 2.44. The Morgan fingerprint density at radius 2 is 1.71 bits per heavy atom. The van der Waals surface area contributed by atoms with Crippen molar-refractivity contribution in [3.8, 4) is 5.88 Å². The molecule has 0 N–H and O–H groups in total. The molecule has 1 aromatic rings. The number of aromatic nitrogens is 1. The van der Waals surface area contributed by atoms with Gasteiger partial charge in [-0.2, -0.15) is 13.2 Å². The Kier molecular flexibility index (Phi) is 4.84. The normalized spacial score (nSPS) is 10.7. The van der Waals surface area contributed by atoms with E-state index < -0.39 is 35.3 Å². The quantitative estimate of drug-likeness (QED) is 0.610. The van der Waals surface area contributed by atoms with Crippen molar-refractivity contribution in [3.63, 3.8) is 0 Å². The minimum absolute atomic E-state index is 0.246. The van der Waals surface area contributed by atoms with Gasteiger partial charge < -0.3 is 14.2 Å². The molecule has 0 unspecified atom stereocenters. The van der Waals surface area contributed by atoms with Gasteiger partial charge in [0.1, 0.15) is 0 Å². The van der Waals surface area contributed by atoms with Crippen LogP contribution in [0.2, 0.25) is 0 Å². The number of halogens is 3. The fourth-order valence-electron chi connectivity index (χ4n) is 1.14. The molecule has 1 rings (SSSR count). The lowest BCUT2D eigenvalue weighted by Gasteiger charge is -2.08. The third kappa shape index (κ3) is 4.16. The van der Waals surface area contributed by atoms with Crippen molar-refractivity contribution in [2.75, 3.05) is 14.2 Å². The average molecular weight is 307 g/mol. The van der Waals surface area contributed by atoms with Crippen LogP contribution < -0.4 is 4.74 Å². The van der Waals surface area contributed by atoms with Gasteiger partial charge in [-0.1, -0.05) is 0 Å². The van der Waals surface area contributed by atoms with E-state index in [1.807, 2.05) is 0 Å². The first-order chi connectivity index (χ1) is 9.68. The molecule has 0 aliphatic carbocycles. The second-order valence-corrected chi connectivity index (χ2v) is 3.45. The Morgan fingerprint density at radius 3 is 2.19 bits per heavy atom. The van der Waals surface area contributed by atoms with Crippen molar-refractivity contribution >= 4 is 17.9 Å². The number of pyridine rings is 1. The molecule has 0 aliphatic rings. The topological polar surface area (TPSA) is 91.8 Å². The molecule has 0 amide bonds. The Bertz CT molecular complexity index is 584. The van der Waals surface area contributed by atoms with Crippen molar-refractivity contribution in [1.82, 2.24) is 4.98 Å². The van der Waals surface area contributed by atoms with E-state index in [0.29, 0.717) is 0 Å². The first-order valence-corrected chi connectivity index (χ1v) is 5.16. The summed E-state index contributed by atoms with van der Waals surface area (Å²) in [5.74, 6) is -5.49. The highest BCUT2D eigenvalue weighted by atomic mass is 19.4. The van der Waals surface area contributed by atoms with Gasteiger partial charge in [0.05, 0.1) is 19.8 Å². The molecule has 0 saturated heterocycles. The van der Waals surface area contributed by atoms with Gasteiger partial charge in [-0.3, -0.25) is 0 Å². The molecule has 0 aromatic carbocycles. The second-order valence-electron chi connectivity index (χ2n) is 3.45. The van der Waals surface area contributed by atoms with Gasteiger partial charge in [-0.05, 0) is 6.07 Å². The number of hydrogen-bond acceptors (Lipinski definition) is 7. The van der Waals surface area contributed by atoms with E-state index in [1.54, 1.807) is 0 Å². The van der Waals surface area contributed by atoms with Gasteiger partial charge >= 0.3 is 24.1 Å². The summed E-state index contributed by atoms with van der Waals surface area (Å²) in [6.45, 7) is 0. The molecule has 0 radical (unpaired) electrons. The lowest BCUT2D eigenvalue weighted by atomic mass is 10.2. The monoisotopic (exact) mass is 307 g/mol. The molecule has 0 bridgehead atoms. The molecule has 0 fully saturated rings. The number of hydrogen-bond donors (Lipinski definition) is 0. The van der Waals surface area contributed by atoms with Crippen LogP contribution in [0.15, 0.2) is 12.1 Å². The standard InChI is InChI=1S/C11H8F3NO6/c1-19-7-4-5(3-6(15-7)9(17)20-2)8(16)21-10(18)11(12,13)14/h3-4H,1-2H3. The van der Waals surface area contributed by atoms with Crippen LogP contribution >= 0.6 is 0 Å². The highest BCUT2D eigenvalue weighted by molar-refractivity contribution is 6.00. The SMILES string of the molecule is COC(=O)c1cc(C(=O)OC(=O)C(F)(F)F)cc(OC)n1. The summed E-state index contributed by atoms with van der Waals surface area (Å²) >= 11 is 0. The van der Waals surface area contributed by atoms with Crippen molar-refractivity contribution in [2.24, 2.45) is 0 Å². The maximum Gasteiger partial charge on any atom is 0.491 e. The Morgan fingerprint density at radius 1 is 1.10 bits per heavy atom. The number of carbonyl (C=O) groups is 3. The highest BCUT2D eigenvalue weighted by Gasteiger charge is 2.42. The smallest absolute Gasteiger partial charge is 0.481 e. The lowest BCUT2D eigenvalue weighted by Crippen LogP contribution is -2.28. The van der Waals surface area contributed by atoms with Crippen LogP contribution in [-0.2, 0) is 14.3 Å². The Balaban J connectivity index is 3.09. The maximum absolute atomic E-state index is 12.0. The van der Waals surface area contributed by atoms with Crippen LogP contribution in [0.4, 0.5) is 13.2 Å². The minimum atomic E-state index is -5.32. The maximum atomic E-state index is 12.0. The third-order valence-electron chi connectivity index (χ3n) is 2.06. The molecular formula is C11H8F3NO6. The van der Waals surface area contributed by atoms with Crippen LogP contribution in [-0.4, -0.2) is 43.3 Å². The molecular weight excluding hydrogens is 299 g/mol. The molecule has 0 aliphatic heterocycles. The number of nitrogens with zero attached hydrogens (tertiary/aromatic N) is 1. The zero-order chi connectivity index (χ0) is 16.2. The number of carbonyl (C=O) groups excluding carboxylic acids is 3. The van der Waals surface area contributed by atoms with Gasteiger partial charge in [0, 0.05) is 6.07 Å². The molecule has 21 heavy (non-hydrogen) atoms. The highest BCUT2D eigenvalue weighted by Crippen LogP contribution is 2.19. The fourth-order valence-corrected chi connectivity index (χ4v) is 1.14. The Labute approximate surface area is 115 Å². The van der Waals surface area contributed by atoms with Crippen LogP contribution in [0.5, 0.6) is 5.88 Å². The lowest BCUT2D eigenvalue weighted by molar-refractivity contribution is -0.193. The largest absolute Gasteiger partial charge is 0.491 e. The van der Waals surface area contributed by atoms with E-state index in [0.717, 1.165) is 26.4 Å². The molecule has 7 nitrogen and oxygen atoms in total. The summed E-state index contributed by atoms with van der Waals surface area (Å²) in [7, 11) is 2.19. The van der Waals surface area contributed by atoms with Gasteiger partial charge in [0.2, 0.25) is 5.88 Å². The zero-order valence-electron chi connectivity index (χ0n) is 10.7. The zero-order valence-corrected chi connectivity index (χ0v) is 10.7. The van der Waals surface area contributed by atoms with E-state index in [1.165, 1.54) is 0 Å². The summed E-state index contributed by atoms with van der Waals surface area (Å²) in [4.78, 5) is 36.9. The minimum Gasteiger partial charge on any atom is -0.481 e.